The van der Waals surface area contributed by atoms with Crippen LogP contribution in [0.4, 0.5) is 0 Å². The number of nitrogens with one attached hydrogen (secondary N) is 1. The van der Waals surface area contributed by atoms with Gasteiger partial charge in [0.25, 0.3) is 0 Å². The van der Waals surface area contributed by atoms with Crippen molar-refractivity contribution >= 4 is 22.5 Å². The molecular weight excluding hydrogens is 218 g/mol. The molecule has 0 fully saturated rings. The van der Waals surface area contributed by atoms with Crippen molar-refractivity contribution < 1.29 is 14.2 Å². The number of nitrogens with two attached hydrogens (primary N) is 1. The van der Waals surface area contributed by atoms with Crippen molar-refractivity contribution in [1.82, 2.24) is 5.32 Å². The zero-order chi connectivity index (χ0) is 12.0. The number of amides is 1. The van der Waals surface area contributed by atoms with Gasteiger partial charge < -0.3 is 16.3 Å². The van der Waals surface area contributed by atoms with Crippen molar-refractivity contribution in [2.24, 2.45) is 16.8 Å². The van der Waals surface area contributed by atoms with E-state index in [0.29, 0.717) is 6.54 Å². The monoisotopic (exact) mass is 235 g/mol. The first kappa shape index (κ1) is 13.9. The topological polar surface area (TPSA) is 105 Å². The van der Waals surface area contributed by atoms with Gasteiger partial charge in [-0.1, -0.05) is 5.16 Å². The molecule has 0 heterocycles. The van der Waals surface area contributed by atoms with E-state index in [0.717, 1.165) is 0 Å². The Labute approximate surface area is 91.4 Å². The van der Waals surface area contributed by atoms with E-state index in [1.807, 2.05) is 0 Å². The highest BCUT2D eigenvalue weighted by Gasteiger charge is 2.18. The smallest absolute Gasteiger partial charge is 0.230 e. The van der Waals surface area contributed by atoms with Crippen LogP contribution in [0.25, 0.3) is 0 Å². The second-order valence-corrected chi connectivity index (χ2v) is 5.10. The van der Waals surface area contributed by atoms with Crippen molar-refractivity contribution in [3.05, 3.63) is 0 Å². The quantitative estimate of drug-likeness (QED) is 0.252. The number of rotatable bonds is 5. The highest BCUT2D eigenvalue weighted by molar-refractivity contribution is 7.84. The van der Waals surface area contributed by atoms with Crippen LogP contribution in [-0.2, 0) is 15.6 Å². The van der Waals surface area contributed by atoms with Crippen LogP contribution in [0.5, 0.6) is 0 Å². The van der Waals surface area contributed by atoms with Crippen LogP contribution in [0.2, 0.25) is 0 Å². The Morgan fingerprint density at radius 2 is 2.13 bits per heavy atom. The molecule has 0 aliphatic carbocycles. The second-order valence-electron chi connectivity index (χ2n) is 3.30. The summed E-state index contributed by atoms with van der Waals surface area (Å²) in [5.74, 6) is -1.17. The lowest BCUT2D eigenvalue weighted by atomic mass is 10.1. The van der Waals surface area contributed by atoms with Crippen LogP contribution in [0.15, 0.2) is 5.16 Å². The first-order chi connectivity index (χ1) is 6.90. The van der Waals surface area contributed by atoms with E-state index in [1.54, 1.807) is 13.2 Å². The molecule has 0 aromatic rings. The third-order valence-electron chi connectivity index (χ3n) is 2.08. The van der Waals surface area contributed by atoms with Gasteiger partial charge in [-0.3, -0.25) is 9.00 Å². The maximum Gasteiger partial charge on any atom is 0.230 e. The fourth-order valence-electron chi connectivity index (χ4n) is 0.736. The Morgan fingerprint density at radius 3 is 2.53 bits per heavy atom. The number of carbonyl (C=O) groups is 1. The van der Waals surface area contributed by atoms with E-state index >= 15 is 0 Å². The molecule has 0 saturated heterocycles. The molecule has 0 radical (unpaired) electrons. The van der Waals surface area contributed by atoms with Gasteiger partial charge in [0.2, 0.25) is 5.91 Å². The molecule has 0 aromatic heterocycles. The average molecular weight is 235 g/mol. The van der Waals surface area contributed by atoms with Gasteiger partial charge in [-0.2, -0.15) is 0 Å². The van der Waals surface area contributed by atoms with Crippen LogP contribution in [0.1, 0.15) is 13.8 Å². The molecule has 0 bridgehead atoms. The van der Waals surface area contributed by atoms with Gasteiger partial charge >= 0.3 is 0 Å². The summed E-state index contributed by atoms with van der Waals surface area (Å²) in [4.78, 5) is 11.4. The van der Waals surface area contributed by atoms with E-state index in [-0.39, 0.29) is 17.0 Å². The molecular formula is C8H17N3O3S. The standard InChI is InChI=1S/C8H17N3O3S/c1-5(15(3)14)4-10-8(12)6(2)7(9)11-13/h5-6,13H,4H2,1-3H3,(H2,9,11)(H,10,12). The first-order valence-corrected chi connectivity index (χ1v) is 6.09. The molecule has 0 rings (SSSR count). The Balaban J connectivity index is 4.10. The van der Waals surface area contributed by atoms with Crippen molar-refractivity contribution in [2.45, 2.75) is 19.1 Å². The Bertz CT molecular complexity index is 280. The Kier molecular flexibility index (Phi) is 5.92. The van der Waals surface area contributed by atoms with Gasteiger partial charge in [0.05, 0.1) is 5.92 Å². The van der Waals surface area contributed by atoms with E-state index < -0.39 is 16.7 Å². The van der Waals surface area contributed by atoms with Gasteiger partial charge in [-0.05, 0) is 13.8 Å². The van der Waals surface area contributed by atoms with Gasteiger partial charge in [0.15, 0.2) is 5.84 Å². The van der Waals surface area contributed by atoms with Crippen molar-refractivity contribution in [3.8, 4) is 0 Å². The van der Waals surface area contributed by atoms with Crippen LogP contribution in [-0.4, -0.2) is 39.2 Å². The number of nitrogens with zero attached hydrogens (tertiary/aromatic N) is 1. The first-order valence-electron chi connectivity index (χ1n) is 4.47. The normalized spacial score (nSPS) is 17.9. The van der Waals surface area contributed by atoms with Gasteiger partial charge in [0, 0.05) is 28.9 Å². The number of hydrogen-bond acceptors (Lipinski definition) is 4. The van der Waals surface area contributed by atoms with Crippen LogP contribution in [0.3, 0.4) is 0 Å². The summed E-state index contributed by atoms with van der Waals surface area (Å²) in [5, 5.41) is 13.6. The Hall–Kier alpha value is -1.11. The van der Waals surface area contributed by atoms with Crippen LogP contribution in [0, 0.1) is 5.92 Å². The molecule has 0 saturated carbocycles. The largest absolute Gasteiger partial charge is 0.409 e. The molecule has 7 heteroatoms. The summed E-state index contributed by atoms with van der Waals surface area (Å²) in [5.41, 5.74) is 5.26. The lowest BCUT2D eigenvalue weighted by Crippen LogP contribution is -2.40. The molecule has 0 spiro atoms. The molecule has 3 atom stereocenters. The Morgan fingerprint density at radius 1 is 1.60 bits per heavy atom. The maximum atomic E-state index is 11.4. The zero-order valence-corrected chi connectivity index (χ0v) is 9.87. The van der Waals surface area contributed by atoms with Crippen LogP contribution >= 0.6 is 0 Å². The SMILES string of the molecule is CC(C(=O)NCC(C)S(C)=O)C(N)=NO. The van der Waals surface area contributed by atoms with Crippen molar-refractivity contribution in [1.29, 1.82) is 0 Å². The molecule has 15 heavy (non-hydrogen) atoms. The van der Waals surface area contributed by atoms with Crippen molar-refractivity contribution in [3.63, 3.8) is 0 Å². The lowest BCUT2D eigenvalue weighted by molar-refractivity contribution is -0.122. The summed E-state index contributed by atoms with van der Waals surface area (Å²) in [6, 6.07) is 0. The summed E-state index contributed by atoms with van der Waals surface area (Å²) in [7, 11) is -0.978. The molecule has 0 aliphatic rings. The maximum absolute atomic E-state index is 11.4. The molecule has 0 aromatic carbocycles. The minimum atomic E-state index is -0.978. The van der Waals surface area contributed by atoms with E-state index in [1.165, 1.54) is 6.92 Å². The minimum Gasteiger partial charge on any atom is -0.409 e. The summed E-state index contributed by atoms with van der Waals surface area (Å²) < 4.78 is 11.0. The molecule has 0 aliphatic heterocycles. The minimum absolute atomic E-state index is 0.117. The fourth-order valence-corrected chi connectivity index (χ4v) is 1.05. The molecule has 3 unspecified atom stereocenters. The number of carbonyl (C=O) groups excluding carboxylic acids is 1. The molecule has 1 amide bonds. The summed E-state index contributed by atoms with van der Waals surface area (Å²) in [6.45, 7) is 3.60. The molecule has 4 N–H and O–H groups in total. The summed E-state index contributed by atoms with van der Waals surface area (Å²) in [6.07, 6.45) is 1.57. The second kappa shape index (κ2) is 6.39. The third kappa shape index (κ3) is 4.78. The van der Waals surface area contributed by atoms with Crippen LogP contribution < -0.4 is 11.1 Å². The fraction of sp³-hybridized carbons (Fsp3) is 0.750. The summed E-state index contributed by atoms with van der Waals surface area (Å²) >= 11 is 0. The van der Waals surface area contributed by atoms with E-state index in [2.05, 4.69) is 10.5 Å². The highest BCUT2D eigenvalue weighted by atomic mass is 32.2. The van der Waals surface area contributed by atoms with Gasteiger partial charge in [0.1, 0.15) is 0 Å². The third-order valence-corrected chi connectivity index (χ3v) is 3.38. The number of amidine groups is 1. The highest BCUT2D eigenvalue weighted by Crippen LogP contribution is 1.96. The zero-order valence-electron chi connectivity index (χ0n) is 9.06. The van der Waals surface area contributed by atoms with Gasteiger partial charge in [-0.15, -0.1) is 0 Å². The lowest BCUT2D eigenvalue weighted by Gasteiger charge is -2.13. The van der Waals surface area contributed by atoms with Gasteiger partial charge in [-0.25, -0.2) is 0 Å². The predicted octanol–water partition coefficient (Wildman–Crippen LogP) is -0.748. The molecule has 6 nitrogen and oxygen atoms in total. The number of oxime groups is 1. The predicted molar refractivity (Wildman–Crippen MR) is 59.1 cm³/mol. The van der Waals surface area contributed by atoms with E-state index in [9.17, 15) is 9.00 Å². The molecule has 88 valence electrons. The average Bonchev–Trinajstić information content (AvgIpc) is 2.22. The van der Waals surface area contributed by atoms with Crippen molar-refractivity contribution in [2.75, 3.05) is 12.8 Å². The number of hydrogen-bond donors (Lipinski definition) is 3. The van der Waals surface area contributed by atoms with E-state index in [4.69, 9.17) is 10.9 Å².